The Kier molecular flexibility index (Phi) is 7.73. The summed E-state index contributed by atoms with van der Waals surface area (Å²) in [7, 11) is 1.82. The van der Waals surface area contributed by atoms with Crippen molar-refractivity contribution in [2.24, 2.45) is 5.41 Å². The number of hydrogen-bond donors (Lipinski definition) is 1. The van der Waals surface area contributed by atoms with Crippen LogP contribution in [0.5, 0.6) is 0 Å². The minimum atomic E-state index is 0.162. The van der Waals surface area contributed by atoms with Gasteiger partial charge in [-0.3, -0.25) is 0 Å². The summed E-state index contributed by atoms with van der Waals surface area (Å²) in [4.78, 5) is 0. The lowest BCUT2D eigenvalue weighted by atomic mass is 9.82. The van der Waals surface area contributed by atoms with Gasteiger partial charge in [-0.15, -0.1) is 6.58 Å². The first kappa shape index (κ1) is 16.7. The summed E-state index contributed by atoms with van der Waals surface area (Å²) in [6, 6.07) is 0.414. The lowest BCUT2D eigenvalue weighted by molar-refractivity contribution is -0.0129. The molecule has 1 N–H and O–H groups in total. The van der Waals surface area contributed by atoms with E-state index in [9.17, 15) is 0 Å². The predicted octanol–water partition coefficient (Wildman–Crippen LogP) is 3.77. The average molecular weight is 241 g/mol. The van der Waals surface area contributed by atoms with E-state index in [4.69, 9.17) is 4.74 Å². The third kappa shape index (κ3) is 6.85. The van der Waals surface area contributed by atoms with Gasteiger partial charge in [0.25, 0.3) is 0 Å². The van der Waals surface area contributed by atoms with Gasteiger partial charge < -0.3 is 10.1 Å². The summed E-state index contributed by atoms with van der Waals surface area (Å²) >= 11 is 0. The largest absolute Gasteiger partial charge is 0.379 e. The van der Waals surface area contributed by atoms with Crippen LogP contribution in [0.25, 0.3) is 0 Å². The number of rotatable bonds is 8. The molecule has 0 aliphatic carbocycles. The van der Waals surface area contributed by atoms with Crippen LogP contribution >= 0.6 is 0 Å². The molecular weight excluding hydrogens is 210 g/mol. The van der Waals surface area contributed by atoms with Gasteiger partial charge in [0.15, 0.2) is 0 Å². The summed E-state index contributed by atoms with van der Waals surface area (Å²) in [6.07, 6.45) is 3.57. The van der Waals surface area contributed by atoms with Gasteiger partial charge in [0.1, 0.15) is 0 Å². The molecule has 0 aliphatic rings. The van der Waals surface area contributed by atoms with Crippen molar-refractivity contribution < 1.29 is 4.74 Å². The smallest absolute Gasteiger partial charge is 0.0772 e. The fourth-order valence-electron chi connectivity index (χ4n) is 2.21. The summed E-state index contributed by atoms with van der Waals surface area (Å²) in [5.41, 5.74) is 1.41. The zero-order valence-corrected chi connectivity index (χ0v) is 12.6. The normalized spacial score (nSPS) is 15.6. The molecule has 0 bridgehead atoms. The van der Waals surface area contributed by atoms with Crippen molar-refractivity contribution >= 4 is 0 Å². The highest BCUT2D eigenvalue weighted by molar-refractivity contribution is 4.93. The van der Waals surface area contributed by atoms with Gasteiger partial charge in [-0.05, 0) is 38.1 Å². The van der Waals surface area contributed by atoms with Gasteiger partial charge in [0.05, 0.1) is 6.10 Å². The van der Waals surface area contributed by atoms with Crippen molar-refractivity contribution in [3.8, 4) is 0 Å². The van der Waals surface area contributed by atoms with Gasteiger partial charge in [-0.2, -0.15) is 0 Å². The second-order valence-corrected chi connectivity index (χ2v) is 6.08. The average Bonchev–Trinajstić information content (AvgIpc) is 2.20. The topological polar surface area (TPSA) is 21.3 Å². The van der Waals surface area contributed by atoms with E-state index in [2.05, 4.69) is 46.5 Å². The Bertz CT molecular complexity index is 217. The second-order valence-electron chi connectivity index (χ2n) is 6.08. The first-order valence-corrected chi connectivity index (χ1v) is 6.73. The molecule has 0 aromatic heterocycles. The van der Waals surface area contributed by atoms with E-state index in [0.29, 0.717) is 6.04 Å². The summed E-state index contributed by atoms with van der Waals surface area (Å²) in [6.45, 7) is 16.0. The molecule has 0 aromatic carbocycles. The first-order valence-electron chi connectivity index (χ1n) is 6.73. The van der Waals surface area contributed by atoms with Crippen LogP contribution in [0.4, 0.5) is 0 Å². The molecule has 2 unspecified atom stereocenters. The van der Waals surface area contributed by atoms with E-state index in [0.717, 1.165) is 25.8 Å². The molecule has 2 heteroatoms. The first-order chi connectivity index (χ1) is 7.82. The van der Waals surface area contributed by atoms with Crippen molar-refractivity contribution in [1.82, 2.24) is 5.32 Å². The Morgan fingerprint density at radius 3 is 2.29 bits per heavy atom. The minimum absolute atomic E-state index is 0.162. The molecule has 0 amide bonds. The highest BCUT2D eigenvalue weighted by Crippen LogP contribution is 2.27. The summed E-state index contributed by atoms with van der Waals surface area (Å²) in [5, 5.41) is 3.62. The van der Waals surface area contributed by atoms with E-state index in [1.165, 1.54) is 5.57 Å². The van der Waals surface area contributed by atoms with Crippen LogP contribution in [-0.2, 0) is 4.74 Å². The molecule has 0 fully saturated rings. The number of methoxy groups -OCH3 is 1. The lowest BCUT2D eigenvalue weighted by Gasteiger charge is -2.36. The zero-order valence-electron chi connectivity index (χ0n) is 12.6. The summed E-state index contributed by atoms with van der Waals surface area (Å²) in [5.74, 6) is 0. The van der Waals surface area contributed by atoms with Gasteiger partial charge >= 0.3 is 0 Å². The van der Waals surface area contributed by atoms with E-state index in [1.54, 1.807) is 0 Å². The van der Waals surface area contributed by atoms with Crippen molar-refractivity contribution in [3.63, 3.8) is 0 Å². The second kappa shape index (κ2) is 7.88. The van der Waals surface area contributed by atoms with E-state index >= 15 is 0 Å². The van der Waals surface area contributed by atoms with Crippen molar-refractivity contribution in [2.75, 3.05) is 13.7 Å². The van der Waals surface area contributed by atoms with E-state index in [-0.39, 0.29) is 11.5 Å². The molecule has 0 spiro atoms. The highest BCUT2D eigenvalue weighted by Gasteiger charge is 2.31. The lowest BCUT2D eigenvalue weighted by Crippen LogP contribution is -2.48. The third-order valence-corrected chi connectivity index (χ3v) is 3.01. The SMILES string of the molecule is C=C(C)CCC(NCCC)C(OC)C(C)(C)C. The molecule has 2 atom stereocenters. The fourth-order valence-corrected chi connectivity index (χ4v) is 2.21. The third-order valence-electron chi connectivity index (χ3n) is 3.01. The Hall–Kier alpha value is -0.340. The highest BCUT2D eigenvalue weighted by atomic mass is 16.5. The minimum Gasteiger partial charge on any atom is -0.379 e. The molecule has 0 saturated carbocycles. The molecule has 17 heavy (non-hydrogen) atoms. The number of allylic oxidation sites excluding steroid dienone is 1. The van der Waals surface area contributed by atoms with Crippen LogP contribution in [0.1, 0.15) is 53.9 Å². The molecule has 0 aliphatic heterocycles. The molecule has 102 valence electrons. The maximum Gasteiger partial charge on any atom is 0.0772 e. The van der Waals surface area contributed by atoms with Gasteiger partial charge in [-0.1, -0.05) is 33.3 Å². The van der Waals surface area contributed by atoms with Crippen LogP contribution < -0.4 is 5.32 Å². The van der Waals surface area contributed by atoms with Gasteiger partial charge in [-0.25, -0.2) is 0 Å². The number of ether oxygens (including phenoxy) is 1. The van der Waals surface area contributed by atoms with Gasteiger partial charge in [0.2, 0.25) is 0 Å². The molecule has 2 nitrogen and oxygen atoms in total. The number of hydrogen-bond acceptors (Lipinski definition) is 2. The fraction of sp³-hybridized carbons (Fsp3) is 0.867. The molecular formula is C15H31NO. The van der Waals surface area contributed by atoms with Crippen LogP contribution in [0.3, 0.4) is 0 Å². The Morgan fingerprint density at radius 2 is 1.94 bits per heavy atom. The summed E-state index contributed by atoms with van der Waals surface area (Å²) < 4.78 is 5.71. The molecule has 0 heterocycles. The Balaban J connectivity index is 4.56. The maximum absolute atomic E-state index is 5.71. The Labute approximate surface area is 108 Å². The van der Waals surface area contributed by atoms with Crippen molar-refractivity contribution in [1.29, 1.82) is 0 Å². The van der Waals surface area contributed by atoms with E-state index in [1.807, 2.05) is 7.11 Å². The van der Waals surface area contributed by atoms with Crippen molar-refractivity contribution in [2.45, 2.75) is 66.0 Å². The molecule has 0 rings (SSSR count). The van der Waals surface area contributed by atoms with Crippen molar-refractivity contribution in [3.05, 3.63) is 12.2 Å². The van der Waals surface area contributed by atoms with Gasteiger partial charge in [0, 0.05) is 13.2 Å². The molecule has 0 radical (unpaired) electrons. The molecule has 0 aromatic rings. The quantitative estimate of drug-likeness (QED) is 0.653. The van der Waals surface area contributed by atoms with Crippen LogP contribution in [-0.4, -0.2) is 25.8 Å². The Morgan fingerprint density at radius 1 is 1.35 bits per heavy atom. The monoisotopic (exact) mass is 241 g/mol. The number of nitrogens with one attached hydrogen (secondary N) is 1. The van der Waals surface area contributed by atoms with Crippen LogP contribution in [0.2, 0.25) is 0 Å². The zero-order chi connectivity index (χ0) is 13.5. The maximum atomic E-state index is 5.71. The van der Waals surface area contributed by atoms with Crippen LogP contribution in [0, 0.1) is 5.41 Å². The van der Waals surface area contributed by atoms with Crippen LogP contribution in [0.15, 0.2) is 12.2 Å². The van der Waals surface area contributed by atoms with E-state index < -0.39 is 0 Å². The molecule has 0 saturated heterocycles. The standard InChI is InChI=1S/C15H31NO/c1-8-11-16-13(10-9-12(2)3)14(17-7)15(4,5)6/h13-14,16H,2,8-11H2,1,3-7H3. The predicted molar refractivity (Wildman–Crippen MR) is 76.4 cm³/mol.